The number of nitrogens with zero attached hydrogens (tertiary/aromatic N) is 1. The van der Waals surface area contributed by atoms with E-state index in [0.29, 0.717) is 0 Å². The standard InChI is InChI=1S/C16H13BrN2S/c17-13-3-4-15-14(8-13)19-16(20-15)11-2-1-10-5-6-18-9-12(10)7-11/h1-4,7-8,18H,5-6,9H2. The van der Waals surface area contributed by atoms with E-state index in [0.717, 1.165) is 34.5 Å². The molecule has 0 atom stereocenters. The number of aromatic nitrogens is 1. The van der Waals surface area contributed by atoms with Crippen LogP contribution in [0.4, 0.5) is 0 Å². The van der Waals surface area contributed by atoms with Gasteiger partial charge in [0, 0.05) is 16.6 Å². The third kappa shape index (κ3) is 2.18. The fourth-order valence-electron chi connectivity index (χ4n) is 2.64. The van der Waals surface area contributed by atoms with Crippen LogP contribution in [0, 0.1) is 0 Å². The topological polar surface area (TPSA) is 24.9 Å². The van der Waals surface area contributed by atoms with Gasteiger partial charge in [-0.3, -0.25) is 0 Å². The molecule has 1 aromatic heterocycles. The molecule has 0 saturated heterocycles. The summed E-state index contributed by atoms with van der Waals surface area (Å²) in [7, 11) is 0. The SMILES string of the molecule is Brc1ccc2sc(-c3ccc4c(c3)CNCC4)nc2c1. The number of fused-ring (bicyclic) bond motifs is 2. The second-order valence-corrected chi connectivity index (χ2v) is 6.99. The van der Waals surface area contributed by atoms with Crippen molar-refractivity contribution in [1.82, 2.24) is 10.3 Å². The number of hydrogen-bond acceptors (Lipinski definition) is 3. The summed E-state index contributed by atoms with van der Waals surface area (Å²) in [5.41, 5.74) is 5.17. The van der Waals surface area contributed by atoms with Gasteiger partial charge < -0.3 is 5.32 Å². The minimum absolute atomic E-state index is 0.972. The van der Waals surface area contributed by atoms with Crippen LogP contribution in [0.3, 0.4) is 0 Å². The van der Waals surface area contributed by atoms with E-state index in [9.17, 15) is 0 Å². The Hall–Kier alpha value is -1.23. The zero-order valence-corrected chi connectivity index (χ0v) is 13.2. The van der Waals surface area contributed by atoms with Gasteiger partial charge in [-0.2, -0.15) is 0 Å². The van der Waals surface area contributed by atoms with Crippen molar-refractivity contribution in [3.63, 3.8) is 0 Å². The van der Waals surface area contributed by atoms with Crippen LogP contribution < -0.4 is 5.32 Å². The lowest BCUT2D eigenvalue weighted by Gasteiger charge is -2.17. The number of hydrogen-bond donors (Lipinski definition) is 1. The summed E-state index contributed by atoms with van der Waals surface area (Å²) in [5, 5.41) is 4.53. The summed E-state index contributed by atoms with van der Waals surface area (Å²) < 4.78 is 2.32. The molecule has 0 radical (unpaired) electrons. The van der Waals surface area contributed by atoms with Crippen molar-refractivity contribution in [2.24, 2.45) is 0 Å². The van der Waals surface area contributed by atoms with Crippen LogP contribution in [0.2, 0.25) is 0 Å². The van der Waals surface area contributed by atoms with Crippen molar-refractivity contribution in [3.05, 3.63) is 52.0 Å². The molecule has 2 aromatic carbocycles. The minimum atomic E-state index is 0.972. The van der Waals surface area contributed by atoms with Crippen LogP contribution in [0.25, 0.3) is 20.8 Å². The van der Waals surface area contributed by atoms with Crippen molar-refractivity contribution in [2.75, 3.05) is 6.54 Å². The van der Waals surface area contributed by atoms with Gasteiger partial charge in [-0.05, 0) is 48.4 Å². The van der Waals surface area contributed by atoms with Gasteiger partial charge in [-0.25, -0.2) is 4.98 Å². The number of rotatable bonds is 1. The largest absolute Gasteiger partial charge is 0.312 e. The van der Waals surface area contributed by atoms with Crippen molar-refractivity contribution in [2.45, 2.75) is 13.0 Å². The molecule has 20 heavy (non-hydrogen) atoms. The first kappa shape index (κ1) is 12.5. The highest BCUT2D eigenvalue weighted by atomic mass is 79.9. The molecule has 1 aliphatic heterocycles. The maximum Gasteiger partial charge on any atom is 0.124 e. The summed E-state index contributed by atoms with van der Waals surface area (Å²) >= 11 is 5.26. The van der Waals surface area contributed by atoms with Gasteiger partial charge in [0.25, 0.3) is 0 Å². The van der Waals surface area contributed by atoms with E-state index in [-0.39, 0.29) is 0 Å². The van der Waals surface area contributed by atoms with E-state index in [2.05, 4.69) is 57.6 Å². The van der Waals surface area contributed by atoms with E-state index in [4.69, 9.17) is 4.98 Å². The molecular weight excluding hydrogens is 332 g/mol. The van der Waals surface area contributed by atoms with Crippen LogP contribution in [0.5, 0.6) is 0 Å². The Morgan fingerprint density at radius 2 is 2.05 bits per heavy atom. The average molecular weight is 345 g/mol. The molecule has 0 saturated carbocycles. The summed E-state index contributed by atoms with van der Waals surface area (Å²) in [4.78, 5) is 4.76. The molecule has 100 valence electrons. The summed E-state index contributed by atoms with van der Waals surface area (Å²) in [6.45, 7) is 2.06. The van der Waals surface area contributed by atoms with E-state index in [1.54, 1.807) is 11.3 Å². The van der Waals surface area contributed by atoms with Crippen LogP contribution in [0.1, 0.15) is 11.1 Å². The Morgan fingerprint density at radius 1 is 1.10 bits per heavy atom. The smallest absolute Gasteiger partial charge is 0.124 e. The quantitative estimate of drug-likeness (QED) is 0.708. The van der Waals surface area contributed by atoms with Gasteiger partial charge in [-0.1, -0.05) is 28.1 Å². The van der Waals surface area contributed by atoms with Gasteiger partial charge in [0.15, 0.2) is 0 Å². The molecule has 3 aromatic rings. The molecule has 2 nitrogen and oxygen atoms in total. The maximum absolute atomic E-state index is 4.76. The second-order valence-electron chi connectivity index (χ2n) is 5.04. The van der Waals surface area contributed by atoms with Crippen LogP contribution in [-0.4, -0.2) is 11.5 Å². The van der Waals surface area contributed by atoms with Crippen LogP contribution >= 0.6 is 27.3 Å². The fourth-order valence-corrected chi connectivity index (χ4v) is 3.93. The molecule has 1 N–H and O–H groups in total. The van der Waals surface area contributed by atoms with Gasteiger partial charge in [-0.15, -0.1) is 11.3 Å². The Kier molecular flexibility index (Phi) is 3.10. The lowest BCUT2D eigenvalue weighted by Crippen LogP contribution is -2.23. The molecule has 0 spiro atoms. The number of halogens is 1. The first-order valence-electron chi connectivity index (χ1n) is 6.68. The zero-order valence-electron chi connectivity index (χ0n) is 10.8. The van der Waals surface area contributed by atoms with Gasteiger partial charge in [0.1, 0.15) is 5.01 Å². The summed E-state index contributed by atoms with van der Waals surface area (Å²) in [6.07, 6.45) is 1.13. The van der Waals surface area contributed by atoms with Crippen LogP contribution in [0.15, 0.2) is 40.9 Å². The molecule has 0 unspecified atom stereocenters. The van der Waals surface area contributed by atoms with Crippen molar-refractivity contribution in [1.29, 1.82) is 0 Å². The Morgan fingerprint density at radius 3 is 3.00 bits per heavy atom. The molecule has 4 rings (SSSR count). The zero-order chi connectivity index (χ0) is 13.5. The fraction of sp³-hybridized carbons (Fsp3) is 0.188. The molecule has 2 heterocycles. The summed E-state index contributed by atoms with van der Waals surface area (Å²) in [5.74, 6) is 0. The van der Waals surface area contributed by atoms with E-state index in [1.807, 2.05) is 0 Å². The second kappa shape index (κ2) is 4.95. The first-order chi connectivity index (χ1) is 9.79. The predicted molar refractivity (Wildman–Crippen MR) is 88.2 cm³/mol. The van der Waals surface area contributed by atoms with Gasteiger partial charge in [0.2, 0.25) is 0 Å². The average Bonchev–Trinajstić information content (AvgIpc) is 2.89. The number of nitrogens with one attached hydrogen (secondary N) is 1. The monoisotopic (exact) mass is 344 g/mol. The third-order valence-corrected chi connectivity index (χ3v) is 5.27. The molecule has 4 heteroatoms. The van der Waals surface area contributed by atoms with Gasteiger partial charge in [0.05, 0.1) is 10.2 Å². The van der Waals surface area contributed by atoms with E-state index in [1.165, 1.54) is 21.4 Å². The number of thiazole rings is 1. The Labute approximate surface area is 130 Å². The Bertz CT molecular complexity index is 794. The van der Waals surface area contributed by atoms with Crippen LogP contribution in [-0.2, 0) is 13.0 Å². The molecular formula is C16H13BrN2S. The molecule has 0 aliphatic carbocycles. The third-order valence-electron chi connectivity index (χ3n) is 3.69. The van der Waals surface area contributed by atoms with Crippen molar-refractivity contribution < 1.29 is 0 Å². The molecule has 0 amide bonds. The van der Waals surface area contributed by atoms with E-state index >= 15 is 0 Å². The van der Waals surface area contributed by atoms with E-state index < -0.39 is 0 Å². The molecule has 0 bridgehead atoms. The highest BCUT2D eigenvalue weighted by Crippen LogP contribution is 2.32. The van der Waals surface area contributed by atoms with Crippen molar-refractivity contribution in [3.8, 4) is 10.6 Å². The summed E-state index contributed by atoms with van der Waals surface area (Å²) in [6, 6.07) is 13.0. The minimum Gasteiger partial charge on any atom is -0.312 e. The lowest BCUT2D eigenvalue weighted by atomic mass is 9.99. The van der Waals surface area contributed by atoms with Crippen molar-refractivity contribution >= 4 is 37.5 Å². The maximum atomic E-state index is 4.76. The Balaban J connectivity index is 1.82. The molecule has 1 aliphatic rings. The highest BCUT2D eigenvalue weighted by Gasteiger charge is 2.12. The number of benzene rings is 2. The highest BCUT2D eigenvalue weighted by molar-refractivity contribution is 9.10. The predicted octanol–water partition coefficient (Wildman–Crippen LogP) is 4.37. The molecule has 0 fully saturated rings. The van der Waals surface area contributed by atoms with Gasteiger partial charge >= 0.3 is 0 Å². The first-order valence-corrected chi connectivity index (χ1v) is 8.29. The normalized spacial score (nSPS) is 14.4. The lowest BCUT2D eigenvalue weighted by molar-refractivity contribution is 0.644.